The van der Waals surface area contributed by atoms with Gasteiger partial charge in [-0.15, -0.1) is 0 Å². The van der Waals surface area contributed by atoms with Crippen molar-refractivity contribution in [1.29, 1.82) is 0 Å². The zero-order valence-electron chi connectivity index (χ0n) is 11.0. The molecule has 0 saturated carbocycles. The van der Waals surface area contributed by atoms with Crippen LogP contribution in [0.4, 0.5) is 5.69 Å². The highest BCUT2D eigenvalue weighted by molar-refractivity contribution is 6.31. The molecule has 0 aliphatic heterocycles. The molecule has 7 heteroatoms. The van der Waals surface area contributed by atoms with Gasteiger partial charge in [-0.3, -0.25) is 14.9 Å². The van der Waals surface area contributed by atoms with E-state index < -0.39 is 10.8 Å². The monoisotopic (exact) mass is 298 g/mol. The second kappa shape index (κ2) is 7.62. The zero-order chi connectivity index (χ0) is 15.1. The largest absolute Gasteiger partial charge is 0.375 e. The molecule has 108 valence electrons. The van der Waals surface area contributed by atoms with E-state index in [1.54, 1.807) is 0 Å². The summed E-state index contributed by atoms with van der Waals surface area (Å²) in [5, 5.41) is 13.6. The third kappa shape index (κ3) is 4.99. The summed E-state index contributed by atoms with van der Waals surface area (Å²) in [5.74, 6) is -0.535. The molecule has 0 aliphatic rings. The fourth-order valence-electron chi connectivity index (χ4n) is 1.43. The van der Waals surface area contributed by atoms with Gasteiger partial charge in [0.25, 0.3) is 11.6 Å². The molecule has 0 radical (unpaired) electrons. The molecule has 0 saturated heterocycles. The molecule has 1 aromatic rings. The Bertz CT molecular complexity index is 531. The predicted molar refractivity (Wildman–Crippen MR) is 76.1 cm³/mol. The Morgan fingerprint density at radius 1 is 1.55 bits per heavy atom. The number of halogens is 1. The van der Waals surface area contributed by atoms with Crippen molar-refractivity contribution in [3.05, 3.63) is 51.1 Å². The van der Waals surface area contributed by atoms with Crippen molar-refractivity contribution >= 4 is 23.2 Å². The maximum Gasteiger partial charge on any atom is 0.283 e. The van der Waals surface area contributed by atoms with Crippen LogP contribution in [-0.2, 0) is 4.74 Å². The molecule has 0 heterocycles. The Balaban J connectivity index is 2.59. The average molecular weight is 299 g/mol. The summed E-state index contributed by atoms with van der Waals surface area (Å²) in [6.45, 7) is 6.48. The number of nitro groups is 1. The summed E-state index contributed by atoms with van der Waals surface area (Å²) < 4.78 is 5.21. The van der Waals surface area contributed by atoms with Crippen LogP contribution < -0.4 is 5.32 Å². The Labute approximate surface area is 121 Å². The normalized spacial score (nSPS) is 10.1. The fraction of sp³-hybridized carbons (Fsp3) is 0.308. The van der Waals surface area contributed by atoms with Crippen molar-refractivity contribution in [1.82, 2.24) is 5.32 Å². The van der Waals surface area contributed by atoms with Crippen LogP contribution in [-0.4, -0.2) is 30.6 Å². The van der Waals surface area contributed by atoms with Crippen molar-refractivity contribution in [2.24, 2.45) is 0 Å². The maximum absolute atomic E-state index is 11.8. The van der Waals surface area contributed by atoms with E-state index >= 15 is 0 Å². The van der Waals surface area contributed by atoms with Gasteiger partial charge in [0.1, 0.15) is 5.56 Å². The quantitative estimate of drug-likeness (QED) is 0.363. The number of hydrogen-bond acceptors (Lipinski definition) is 4. The molecular weight excluding hydrogens is 284 g/mol. The second-order valence-corrected chi connectivity index (χ2v) is 4.62. The van der Waals surface area contributed by atoms with E-state index in [0.29, 0.717) is 13.2 Å². The third-order valence-electron chi connectivity index (χ3n) is 2.28. The van der Waals surface area contributed by atoms with E-state index in [0.717, 1.165) is 11.6 Å². The van der Waals surface area contributed by atoms with Crippen LogP contribution in [0.3, 0.4) is 0 Å². The molecule has 0 aliphatic carbocycles. The molecule has 1 aromatic carbocycles. The molecular formula is C13H15ClN2O4. The fourth-order valence-corrected chi connectivity index (χ4v) is 1.59. The first-order valence-corrected chi connectivity index (χ1v) is 6.24. The van der Waals surface area contributed by atoms with Crippen LogP contribution in [0.2, 0.25) is 5.02 Å². The smallest absolute Gasteiger partial charge is 0.283 e. The summed E-state index contributed by atoms with van der Waals surface area (Å²) in [4.78, 5) is 22.1. The minimum Gasteiger partial charge on any atom is -0.375 e. The molecule has 1 rings (SSSR count). The summed E-state index contributed by atoms with van der Waals surface area (Å²) in [6.07, 6.45) is 0. The van der Waals surface area contributed by atoms with E-state index in [-0.39, 0.29) is 22.8 Å². The van der Waals surface area contributed by atoms with Gasteiger partial charge in [-0.05, 0) is 19.1 Å². The number of nitrogens with zero attached hydrogens (tertiary/aromatic N) is 1. The van der Waals surface area contributed by atoms with Crippen LogP contribution in [0.15, 0.2) is 30.4 Å². The van der Waals surface area contributed by atoms with Gasteiger partial charge >= 0.3 is 0 Å². The Morgan fingerprint density at radius 3 is 2.85 bits per heavy atom. The van der Waals surface area contributed by atoms with Crippen LogP contribution in [0.25, 0.3) is 0 Å². The van der Waals surface area contributed by atoms with Crippen molar-refractivity contribution < 1.29 is 14.5 Å². The van der Waals surface area contributed by atoms with Gasteiger partial charge in [-0.25, -0.2) is 0 Å². The van der Waals surface area contributed by atoms with Gasteiger partial charge in [-0.2, -0.15) is 0 Å². The lowest BCUT2D eigenvalue weighted by atomic mass is 10.1. The number of ether oxygens (including phenoxy) is 1. The topological polar surface area (TPSA) is 81.5 Å². The molecule has 1 amide bonds. The SMILES string of the molecule is C=C(C)COCCNC(=O)c1ccc(Cl)cc1[N+](=O)[O-]. The van der Waals surface area contributed by atoms with E-state index in [9.17, 15) is 14.9 Å². The van der Waals surface area contributed by atoms with Crippen LogP contribution in [0.1, 0.15) is 17.3 Å². The van der Waals surface area contributed by atoms with Crippen molar-refractivity contribution in [3.8, 4) is 0 Å². The summed E-state index contributed by atoms with van der Waals surface area (Å²) in [7, 11) is 0. The van der Waals surface area contributed by atoms with Crippen molar-refractivity contribution in [2.75, 3.05) is 19.8 Å². The maximum atomic E-state index is 11.8. The first kappa shape index (κ1) is 16.1. The Kier molecular flexibility index (Phi) is 6.14. The number of carbonyl (C=O) groups excluding carboxylic acids is 1. The van der Waals surface area contributed by atoms with E-state index in [1.807, 2.05) is 6.92 Å². The highest BCUT2D eigenvalue weighted by atomic mass is 35.5. The Morgan fingerprint density at radius 2 is 2.25 bits per heavy atom. The average Bonchev–Trinajstić information content (AvgIpc) is 2.37. The van der Waals surface area contributed by atoms with Crippen molar-refractivity contribution in [3.63, 3.8) is 0 Å². The highest BCUT2D eigenvalue weighted by Gasteiger charge is 2.20. The number of hydrogen-bond donors (Lipinski definition) is 1. The highest BCUT2D eigenvalue weighted by Crippen LogP contribution is 2.22. The number of nitro benzene ring substituents is 1. The molecule has 1 N–H and O–H groups in total. The number of rotatable bonds is 7. The first-order valence-electron chi connectivity index (χ1n) is 5.86. The Hall–Kier alpha value is -1.92. The molecule has 0 fully saturated rings. The summed E-state index contributed by atoms with van der Waals surface area (Å²) in [6, 6.07) is 3.90. The minimum atomic E-state index is -0.641. The minimum absolute atomic E-state index is 0.0284. The van der Waals surface area contributed by atoms with Gasteiger partial charge in [0.15, 0.2) is 0 Å². The van der Waals surface area contributed by atoms with Gasteiger partial charge in [0.05, 0.1) is 18.1 Å². The number of nitrogens with one attached hydrogen (secondary N) is 1. The second-order valence-electron chi connectivity index (χ2n) is 4.18. The number of benzene rings is 1. The van der Waals surface area contributed by atoms with Crippen molar-refractivity contribution in [2.45, 2.75) is 6.92 Å². The first-order chi connectivity index (χ1) is 9.41. The van der Waals surface area contributed by atoms with E-state index in [2.05, 4.69) is 11.9 Å². The lowest BCUT2D eigenvalue weighted by molar-refractivity contribution is -0.385. The standard InChI is InChI=1S/C13H15ClN2O4/c1-9(2)8-20-6-5-15-13(17)11-4-3-10(14)7-12(11)16(18)19/h3-4,7H,1,5-6,8H2,2H3,(H,15,17). The molecule has 0 aromatic heterocycles. The zero-order valence-corrected chi connectivity index (χ0v) is 11.8. The van der Waals surface area contributed by atoms with Crippen LogP contribution >= 0.6 is 11.6 Å². The third-order valence-corrected chi connectivity index (χ3v) is 2.52. The molecule has 20 heavy (non-hydrogen) atoms. The van der Waals surface area contributed by atoms with E-state index in [1.165, 1.54) is 12.1 Å². The van der Waals surface area contributed by atoms with Gasteiger partial charge in [0, 0.05) is 17.6 Å². The van der Waals surface area contributed by atoms with Gasteiger partial charge in [0.2, 0.25) is 0 Å². The molecule has 0 atom stereocenters. The van der Waals surface area contributed by atoms with E-state index in [4.69, 9.17) is 16.3 Å². The number of amides is 1. The number of carbonyl (C=O) groups is 1. The summed E-state index contributed by atoms with van der Waals surface area (Å²) in [5.41, 5.74) is 0.529. The molecule has 0 spiro atoms. The molecule has 6 nitrogen and oxygen atoms in total. The lowest BCUT2D eigenvalue weighted by Crippen LogP contribution is -2.28. The predicted octanol–water partition coefficient (Wildman–Crippen LogP) is 2.57. The van der Waals surface area contributed by atoms with Gasteiger partial charge in [-0.1, -0.05) is 23.8 Å². The lowest BCUT2D eigenvalue weighted by Gasteiger charge is -2.07. The van der Waals surface area contributed by atoms with Gasteiger partial charge < -0.3 is 10.1 Å². The molecule has 0 unspecified atom stereocenters. The molecule has 0 bridgehead atoms. The van der Waals surface area contributed by atoms with Crippen LogP contribution in [0, 0.1) is 10.1 Å². The van der Waals surface area contributed by atoms with Crippen LogP contribution in [0.5, 0.6) is 0 Å². The summed E-state index contributed by atoms with van der Waals surface area (Å²) >= 11 is 5.68.